The molecule has 0 aliphatic rings. The summed E-state index contributed by atoms with van der Waals surface area (Å²) in [5.74, 6) is -1.30. The molecule has 1 amide bonds. The normalized spacial score (nSPS) is 11.6. The molecule has 144 valence electrons. The lowest BCUT2D eigenvalue weighted by molar-refractivity contribution is -0.124. The van der Waals surface area contributed by atoms with Crippen LogP contribution in [0.1, 0.15) is 42.7 Å². The highest BCUT2D eigenvalue weighted by Gasteiger charge is 2.13. The van der Waals surface area contributed by atoms with Crippen LogP contribution in [0.25, 0.3) is 0 Å². The Morgan fingerprint density at radius 3 is 2.19 bits per heavy atom. The maximum atomic E-state index is 12.9. The quantitative estimate of drug-likeness (QED) is 0.718. The Bertz CT molecular complexity index is 756. The fourth-order valence-corrected chi connectivity index (χ4v) is 2.73. The van der Waals surface area contributed by atoms with Crippen LogP contribution in [0.3, 0.4) is 0 Å². The molecule has 0 spiro atoms. The highest BCUT2D eigenvalue weighted by atomic mass is 19.1. The molecule has 0 saturated carbocycles. The number of hydrogen-bond acceptors (Lipinski definition) is 4. The molecular formula is C21H25FN2O3. The minimum atomic E-state index is -0.550. The standard InChI is InChI=1S/C21H25FN2O3/c1-4-24(5-2)19-12-8-17(9-13-19)21(26)27-14-20(25)23-15(3)16-6-10-18(22)11-7-16/h6-13,15H,4-5,14H2,1-3H3,(H,23,25)/t15-/m0/s1. The lowest BCUT2D eigenvalue weighted by Gasteiger charge is -2.21. The molecule has 1 atom stereocenters. The Hall–Kier alpha value is -2.89. The van der Waals surface area contributed by atoms with Gasteiger partial charge in [-0.3, -0.25) is 4.79 Å². The topological polar surface area (TPSA) is 58.6 Å². The number of anilines is 1. The summed E-state index contributed by atoms with van der Waals surface area (Å²) in [5.41, 5.74) is 2.19. The van der Waals surface area contributed by atoms with Crippen molar-refractivity contribution < 1.29 is 18.7 Å². The third-order valence-electron chi connectivity index (χ3n) is 4.31. The van der Waals surface area contributed by atoms with Crippen LogP contribution in [0.15, 0.2) is 48.5 Å². The molecule has 0 fully saturated rings. The molecule has 0 aliphatic heterocycles. The number of hydrogen-bond donors (Lipinski definition) is 1. The van der Waals surface area contributed by atoms with Crippen molar-refractivity contribution in [3.8, 4) is 0 Å². The van der Waals surface area contributed by atoms with E-state index < -0.39 is 11.9 Å². The maximum absolute atomic E-state index is 12.9. The molecule has 2 rings (SSSR count). The second-order valence-corrected chi connectivity index (χ2v) is 6.14. The first kappa shape index (κ1) is 20.4. The predicted molar refractivity (Wildman–Crippen MR) is 103 cm³/mol. The smallest absolute Gasteiger partial charge is 0.338 e. The number of amides is 1. The fourth-order valence-electron chi connectivity index (χ4n) is 2.73. The van der Waals surface area contributed by atoms with E-state index in [1.807, 2.05) is 12.1 Å². The van der Waals surface area contributed by atoms with Crippen LogP contribution >= 0.6 is 0 Å². The number of carbonyl (C=O) groups is 2. The van der Waals surface area contributed by atoms with Crippen molar-refractivity contribution in [2.75, 3.05) is 24.6 Å². The molecule has 0 radical (unpaired) electrons. The van der Waals surface area contributed by atoms with Gasteiger partial charge in [0, 0.05) is 18.8 Å². The molecule has 0 aromatic heterocycles. The molecule has 27 heavy (non-hydrogen) atoms. The minimum absolute atomic E-state index is 0.315. The lowest BCUT2D eigenvalue weighted by atomic mass is 10.1. The van der Waals surface area contributed by atoms with E-state index in [1.165, 1.54) is 12.1 Å². The first-order chi connectivity index (χ1) is 12.9. The summed E-state index contributed by atoms with van der Waals surface area (Å²) < 4.78 is 18.0. The molecular weight excluding hydrogens is 347 g/mol. The van der Waals surface area contributed by atoms with Crippen molar-refractivity contribution >= 4 is 17.6 Å². The number of halogens is 1. The Labute approximate surface area is 159 Å². The van der Waals surface area contributed by atoms with Crippen LogP contribution < -0.4 is 10.2 Å². The number of esters is 1. The summed E-state index contributed by atoms with van der Waals surface area (Å²) in [6.45, 7) is 7.30. The molecule has 2 aromatic rings. The Balaban J connectivity index is 1.85. The number of nitrogens with one attached hydrogen (secondary N) is 1. The maximum Gasteiger partial charge on any atom is 0.338 e. The van der Waals surface area contributed by atoms with Crippen molar-refractivity contribution in [3.63, 3.8) is 0 Å². The van der Waals surface area contributed by atoms with Gasteiger partial charge in [0.2, 0.25) is 0 Å². The summed E-state index contributed by atoms with van der Waals surface area (Å²) >= 11 is 0. The van der Waals surface area contributed by atoms with Gasteiger partial charge in [0.25, 0.3) is 5.91 Å². The van der Waals surface area contributed by atoms with Crippen molar-refractivity contribution in [2.24, 2.45) is 0 Å². The van der Waals surface area contributed by atoms with Gasteiger partial charge in [-0.15, -0.1) is 0 Å². The summed E-state index contributed by atoms with van der Waals surface area (Å²) in [6, 6.07) is 12.7. The zero-order valence-electron chi connectivity index (χ0n) is 15.9. The van der Waals surface area contributed by atoms with E-state index in [-0.39, 0.29) is 18.5 Å². The Kier molecular flexibility index (Phi) is 7.34. The first-order valence-corrected chi connectivity index (χ1v) is 9.01. The van der Waals surface area contributed by atoms with Crippen molar-refractivity contribution in [1.29, 1.82) is 0 Å². The molecule has 0 bridgehead atoms. The number of nitrogens with zero attached hydrogens (tertiary/aromatic N) is 1. The van der Waals surface area contributed by atoms with E-state index in [1.54, 1.807) is 31.2 Å². The van der Waals surface area contributed by atoms with Gasteiger partial charge >= 0.3 is 5.97 Å². The molecule has 2 aromatic carbocycles. The first-order valence-electron chi connectivity index (χ1n) is 9.01. The molecule has 6 heteroatoms. The van der Waals surface area contributed by atoms with Crippen LogP contribution in [-0.2, 0) is 9.53 Å². The average molecular weight is 372 g/mol. The molecule has 5 nitrogen and oxygen atoms in total. The van der Waals surface area contributed by atoms with Crippen LogP contribution in [0, 0.1) is 5.82 Å². The van der Waals surface area contributed by atoms with Crippen molar-refractivity contribution in [3.05, 3.63) is 65.5 Å². The van der Waals surface area contributed by atoms with Crippen molar-refractivity contribution in [1.82, 2.24) is 5.32 Å². The third-order valence-corrected chi connectivity index (χ3v) is 4.31. The zero-order valence-corrected chi connectivity index (χ0v) is 15.9. The van der Waals surface area contributed by atoms with E-state index in [0.29, 0.717) is 5.56 Å². The van der Waals surface area contributed by atoms with Gasteiger partial charge in [0.05, 0.1) is 11.6 Å². The van der Waals surface area contributed by atoms with Crippen LogP contribution in [0.4, 0.5) is 10.1 Å². The van der Waals surface area contributed by atoms with E-state index in [4.69, 9.17) is 4.74 Å². The molecule has 0 heterocycles. The molecule has 1 N–H and O–H groups in total. The van der Waals surface area contributed by atoms with Crippen LogP contribution in [-0.4, -0.2) is 31.6 Å². The van der Waals surface area contributed by atoms with E-state index in [0.717, 1.165) is 24.3 Å². The van der Waals surface area contributed by atoms with Gasteiger partial charge in [-0.1, -0.05) is 12.1 Å². The van der Waals surface area contributed by atoms with Gasteiger partial charge in [-0.25, -0.2) is 9.18 Å². The van der Waals surface area contributed by atoms with Crippen molar-refractivity contribution in [2.45, 2.75) is 26.8 Å². The molecule has 0 aliphatic carbocycles. The predicted octanol–water partition coefficient (Wildman–Crippen LogP) is 3.71. The van der Waals surface area contributed by atoms with E-state index >= 15 is 0 Å². The molecule has 0 saturated heterocycles. The van der Waals surface area contributed by atoms with E-state index in [2.05, 4.69) is 24.1 Å². The average Bonchev–Trinajstić information content (AvgIpc) is 2.68. The Morgan fingerprint density at radius 2 is 1.63 bits per heavy atom. The van der Waals surface area contributed by atoms with Gasteiger partial charge in [0.1, 0.15) is 5.82 Å². The lowest BCUT2D eigenvalue weighted by Crippen LogP contribution is -2.31. The van der Waals surface area contributed by atoms with Crippen LogP contribution in [0.5, 0.6) is 0 Å². The number of benzene rings is 2. The fraction of sp³-hybridized carbons (Fsp3) is 0.333. The number of rotatable bonds is 8. The Morgan fingerprint density at radius 1 is 1.04 bits per heavy atom. The van der Waals surface area contributed by atoms with Gasteiger partial charge in [-0.05, 0) is 62.7 Å². The summed E-state index contributed by atoms with van der Waals surface area (Å²) in [4.78, 5) is 26.3. The zero-order chi connectivity index (χ0) is 19.8. The number of ether oxygens (including phenoxy) is 1. The second kappa shape index (κ2) is 9.71. The van der Waals surface area contributed by atoms with Crippen LogP contribution in [0.2, 0.25) is 0 Å². The van der Waals surface area contributed by atoms with E-state index in [9.17, 15) is 14.0 Å². The number of carbonyl (C=O) groups excluding carboxylic acids is 2. The third kappa shape index (κ3) is 5.81. The van der Waals surface area contributed by atoms with Gasteiger partial charge in [-0.2, -0.15) is 0 Å². The second-order valence-electron chi connectivity index (χ2n) is 6.14. The van der Waals surface area contributed by atoms with Gasteiger partial charge < -0.3 is 15.0 Å². The highest BCUT2D eigenvalue weighted by molar-refractivity contribution is 5.91. The largest absolute Gasteiger partial charge is 0.452 e. The SMILES string of the molecule is CCN(CC)c1ccc(C(=O)OCC(=O)N[C@@H](C)c2ccc(F)cc2)cc1. The van der Waals surface area contributed by atoms with Gasteiger partial charge in [0.15, 0.2) is 6.61 Å². The monoisotopic (exact) mass is 372 g/mol. The highest BCUT2D eigenvalue weighted by Crippen LogP contribution is 2.16. The summed E-state index contributed by atoms with van der Waals surface area (Å²) in [7, 11) is 0. The molecule has 0 unspecified atom stereocenters. The summed E-state index contributed by atoms with van der Waals surface area (Å²) in [6.07, 6.45) is 0. The summed E-state index contributed by atoms with van der Waals surface area (Å²) in [5, 5.41) is 2.72. The minimum Gasteiger partial charge on any atom is -0.452 e.